The molecule has 0 aliphatic rings. The van der Waals surface area contributed by atoms with Crippen molar-refractivity contribution in [3.05, 3.63) is 12.7 Å². The van der Waals surface area contributed by atoms with Crippen LogP contribution >= 0.6 is 0 Å². The van der Waals surface area contributed by atoms with E-state index < -0.39 is 0 Å². The number of carbonyl (C=O) groups is 1. The largest absolute Gasteiger partial charge is 0.471 e. The van der Waals surface area contributed by atoms with Crippen molar-refractivity contribution in [2.24, 2.45) is 5.92 Å². The maximum absolute atomic E-state index is 8.95. The standard InChI is InChI=1S/C7H15N.C2H4O2.C2H6/c1-5-7(8-4)6(2)3;1-4-2-3;1-2/h5-8H,1H2,2-4H3;2H,1H3;1-2H3. The molecule has 0 radical (unpaired) electrons. The number of ether oxygens (including phenoxy) is 1. The molecule has 0 amide bonds. The summed E-state index contributed by atoms with van der Waals surface area (Å²) in [4.78, 5) is 8.95. The SMILES string of the molecule is C=CC(NC)C(C)C.CC.COC=O. The average Bonchev–Trinajstić information content (AvgIpc) is 2.22. The minimum Gasteiger partial charge on any atom is -0.471 e. The molecule has 86 valence electrons. The molecule has 0 fully saturated rings. The summed E-state index contributed by atoms with van der Waals surface area (Å²) in [6.45, 7) is 12.4. The molecule has 3 nitrogen and oxygen atoms in total. The second-order valence-electron chi connectivity index (χ2n) is 2.63. The van der Waals surface area contributed by atoms with Gasteiger partial charge in [-0.25, -0.2) is 0 Å². The summed E-state index contributed by atoms with van der Waals surface area (Å²) < 4.78 is 3.86. The molecule has 0 aromatic rings. The lowest BCUT2D eigenvalue weighted by molar-refractivity contribution is -0.126. The topological polar surface area (TPSA) is 38.3 Å². The Morgan fingerprint density at radius 1 is 1.36 bits per heavy atom. The number of methoxy groups -OCH3 is 1. The molecule has 1 atom stereocenters. The zero-order valence-electron chi connectivity index (χ0n) is 10.3. The van der Waals surface area contributed by atoms with Gasteiger partial charge in [-0.3, -0.25) is 4.79 Å². The smallest absolute Gasteiger partial charge is 0.292 e. The molecule has 1 unspecified atom stereocenters. The molecule has 0 bridgehead atoms. The normalized spacial score (nSPS) is 9.93. The van der Waals surface area contributed by atoms with Gasteiger partial charge in [0.05, 0.1) is 7.11 Å². The van der Waals surface area contributed by atoms with Gasteiger partial charge in [0.25, 0.3) is 6.47 Å². The Bertz CT molecular complexity index is 114. The van der Waals surface area contributed by atoms with E-state index in [0.717, 1.165) is 0 Å². The van der Waals surface area contributed by atoms with Gasteiger partial charge in [0.15, 0.2) is 0 Å². The predicted octanol–water partition coefficient (Wildman–Crippen LogP) is 2.23. The van der Waals surface area contributed by atoms with E-state index in [4.69, 9.17) is 4.79 Å². The van der Waals surface area contributed by atoms with E-state index >= 15 is 0 Å². The first-order valence-electron chi connectivity index (χ1n) is 4.90. The Labute approximate surface area is 88.5 Å². The quantitative estimate of drug-likeness (QED) is 0.562. The van der Waals surface area contributed by atoms with E-state index in [1.54, 1.807) is 0 Å². The van der Waals surface area contributed by atoms with Crippen molar-refractivity contribution in [1.82, 2.24) is 5.32 Å². The molecule has 0 heterocycles. The minimum absolute atomic E-state index is 0.375. The van der Waals surface area contributed by atoms with E-state index in [1.807, 2.05) is 27.0 Å². The van der Waals surface area contributed by atoms with Crippen LogP contribution < -0.4 is 5.32 Å². The summed E-state index contributed by atoms with van der Waals surface area (Å²) >= 11 is 0. The van der Waals surface area contributed by atoms with Crippen LogP contribution in [0.3, 0.4) is 0 Å². The highest BCUT2D eigenvalue weighted by atomic mass is 16.5. The fourth-order valence-electron chi connectivity index (χ4n) is 0.723. The Morgan fingerprint density at radius 2 is 1.71 bits per heavy atom. The van der Waals surface area contributed by atoms with Crippen LogP contribution in [-0.4, -0.2) is 26.7 Å². The molecule has 14 heavy (non-hydrogen) atoms. The van der Waals surface area contributed by atoms with Gasteiger partial charge in [-0.1, -0.05) is 33.8 Å². The molecule has 1 N–H and O–H groups in total. The van der Waals surface area contributed by atoms with Crippen molar-refractivity contribution in [1.29, 1.82) is 0 Å². The summed E-state index contributed by atoms with van der Waals surface area (Å²) in [6, 6.07) is 0.468. The molecule has 0 saturated heterocycles. The molecule has 0 rings (SSSR count). The lowest BCUT2D eigenvalue weighted by Gasteiger charge is -2.14. The lowest BCUT2D eigenvalue weighted by Crippen LogP contribution is -2.27. The third kappa shape index (κ3) is 17.3. The van der Waals surface area contributed by atoms with E-state index in [9.17, 15) is 0 Å². The number of carbonyl (C=O) groups excluding carboxylic acids is 1. The first-order chi connectivity index (χ1) is 6.63. The number of hydrogen-bond donors (Lipinski definition) is 1. The third-order valence-corrected chi connectivity index (χ3v) is 1.40. The van der Waals surface area contributed by atoms with E-state index in [1.165, 1.54) is 7.11 Å². The number of hydrogen-bond acceptors (Lipinski definition) is 3. The number of rotatable bonds is 4. The lowest BCUT2D eigenvalue weighted by atomic mass is 10.1. The zero-order valence-corrected chi connectivity index (χ0v) is 10.3. The van der Waals surface area contributed by atoms with Crippen molar-refractivity contribution in [3.8, 4) is 0 Å². The Balaban J connectivity index is -0.000000170. The van der Waals surface area contributed by atoms with Crippen molar-refractivity contribution >= 4 is 6.47 Å². The van der Waals surface area contributed by atoms with Crippen molar-refractivity contribution in [2.45, 2.75) is 33.7 Å². The molecule has 0 aliphatic carbocycles. The fraction of sp³-hybridized carbons (Fsp3) is 0.727. The summed E-state index contributed by atoms with van der Waals surface area (Å²) in [5.41, 5.74) is 0. The Morgan fingerprint density at radius 3 is 1.71 bits per heavy atom. The Hall–Kier alpha value is -0.830. The van der Waals surface area contributed by atoms with Crippen LogP contribution in [0.2, 0.25) is 0 Å². The van der Waals surface area contributed by atoms with Crippen LogP contribution in [0, 0.1) is 5.92 Å². The molecular formula is C11H25NO2. The molecule has 0 spiro atoms. The van der Waals surface area contributed by atoms with E-state index in [-0.39, 0.29) is 0 Å². The highest BCUT2D eigenvalue weighted by Crippen LogP contribution is 1.99. The van der Waals surface area contributed by atoms with Crippen LogP contribution in [0.1, 0.15) is 27.7 Å². The van der Waals surface area contributed by atoms with Crippen molar-refractivity contribution < 1.29 is 9.53 Å². The summed E-state index contributed by atoms with van der Waals surface area (Å²) in [5, 5.41) is 3.13. The first kappa shape index (κ1) is 18.9. The third-order valence-electron chi connectivity index (χ3n) is 1.40. The number of nitrogens with one attached hydrogen (secondary N) is 1. The summed E-state index contributed by atoms with van der Waals surface area (Å²) in [6.07, 6.45) is 1.94. The predicted molar refractivity (Wildman–Crippen MR) is 62.3 cm³/mol. The molecule has 0 aliphatic heterocycles. The molecular weight excluding hydrogens is 178 g/mol. The van der Waals surface area contributed by atoms with Gasteiger partial charge in [-0.2, -0.15) is 0 Å². The average molecular weight is 203 g/mol. The zero-order chi connectivity index (χ0) is 12.0. The van der Waals surface area contributed by atoms with Crippen LogP contribution in [-0.2, 0) is 9.53 Å². The van der Waals surface area contributed by atoms with Crippen LogP contribution in [0.5, 0.6) is 0 Å². The molecule has 0 saturated carbocycles. The van der Waals surface area contributed by atoms with Gasteiger partial charge in [0.1, 0.15) is 0 Å². The van der Waals surface area contributed by atoms with Gasteiger partial charge >= 0.3 is 0 Å². The van der Waals surface area contributed by atoms with Gasteiger partial charge in [0, 0.05) is 6.04 Å². The second-order valence-corrected chi connectivity index (χ2v) is 2.63. The van der Waals surface area contributed by atoms with Crippen LogP contribution in [0.15, 0.2) is 12.7 Å². The van der Waals surface area contributed by atoms with Crippen LogP contribution in [0.4, 0.5) is 0 Å². The van der Waals surface area contributed by atoms with Crippen LogP contribution in [0.25, 0.3) is 0 Å². The van der Waals surface area contributed by atoms with Gasteiger partial charge < -0.3 is 10.1 Å². The maximum Gasteiger partial charge on any atom is 0.292 e. The second kappa shape index (κ2) is 18.1. The first-order valence-corrected chi connectivity index (χ1v) is 4.90. The van der Waals surface area contributed by atoms with Gasteiger partial charge in [-0.05, 0) is 13.0 Å². The summed E-state index contributed by atoms with van der Waals surface area (Å²) in [5.74, 6) is 0.650. The van der Waals surface area contributed by atoms with Crippen molar-refractivity contribution in [3.63, 3.8) is 0 Å². The monoisotopic (exact) mass is 203 g/mol. The van der Waals surface area contributed by atoms with Crippen molar-refractivity contribution in [2.75, 3.05) is 14.2 Å². The molecule has 3 heteroatoms. The highest BCUT2D eigenvalue weighted by Gasteiger charge is 2.03. The van der Waals surface area contributed by atoms with E-state index in [2.05, 4.69) is 30.5 Å². The summed E-state index contributed by atoms with van der Waals surface area (Å²) in [7, 11) is 3.26. The van der Waals surface area contributed by atoms with E-state index in [0.29, 0.717) is 18.4 Å². The Kier molecular flexibility index (Phi) is 24.3. The minimum atomic E-state index is 0.375. The highest BCUT2D eigenvalue weighted by molar-refractivity contribution is 5.36. The number of likely N-dealkylation sites (N-methyl/N-ethyl adjacent to an activating group) is 1. The van der Waals surface area contributed by atoms with Gasteiger partial charge in [0.2, 0.25) is 0 Å². The molecule has 0 aromatic heterocycles. The maximum atomic E-state index is 8.95. The molecule has 0 aromatic carbocycles. The fourth-order valence-corrected chi connectivity index (χ4v) is 0.723. The van der Waals surface area contributed by atoms with Gasteiger partial charge in [-0.15, -0.1) is 6.58 Å².